The Hall–Kier alpha value is -1.18. The van der Waals surface area contributed by atoms with Gasteiger partial charge in [0.25, 0.3) is 0 Å². The Kier molecular flexibility index (Phi) is 4.31. The van der Waals surface area contributed by atoms with Crippen LogP contribution in [-0.2, 0) is 15.6 Å². The first-order valence-electron chi connectivity index (χ1n) is 5.61. The van der Waals surface area contributed by atoms with E-state index in [0.29, 0.717) is 14.9 Å². The lowest BCUT2D eigenvalue weighted by atomic mass is 10.2. The molecule has 0 atom stereocenters. The predicted octanol–water partition coefficient (Wildman–Crippen LogP) is 3.49. The molecule has 4 nitrogen and oxygen atoms in total. The zero-order valence-electron chi connectivity index (χ0n) is 10.5. The number of carboxylic acid groups (broad SMARTS) is 1. The summed E-state index contributed by atoms with van der Waals surface area (Å²) in [7, 11) is -3.56. The second kappa shape index (κ2) is 5.67. The van der Waals surface area contributed by atoms with Gasteiger partial charge in [-0.1, -0.05) is 18.2 Å². The van der Waals surface area contributed by atoms with Gasteiger partial charge in [0.05, 0.1) is 14.4 Å². The van der Waals surface area contributed by atoms with Gasteiger partial charge in [0.2, 0.25) is 0 Å². The summed E-state index contributed by atoms with van der Waals surface area (Å²) in [5.41, 5.74) is 0.955. The van der Waals surface area contributed by atoms with Gasteiger partial charge in [0.1, 0.15) is 4.88 Å². The standard InChI is InChI=1S/C13H11BrO4S2/c1-8-4-2-3-5-10(8)20(17,18)7-9-6-11(14)19-12(9)13(15)16/h2-6H,7H2,1H3,(H,15,16). The number of halogens is 1. The van der Waals surface area contributed by atoms with Crippen LogP contribution in [0.2, 0.25) is 0 Å². The monoisotopic (exact) mass is 374 g/mol. The Morgan fingerprint density at radius 2 is 2.00 bits per heavy atom. The Bertz CT molecular complexity index is 762. The van der Waals surface area contributed by atoms with Crippen LogP contribution in [0, 0.1) is 6.92 Å². The first-order valence-corrected chi connectivity index (χ1v) is 8.87. The van der Waals surface area contributed by atoms with Crippen molar-refractivity contribution in [1.29, 1.82) is 0 Å². The van der Waals surface area contributed by atoms with E-state index in [0.717, 1.165) is 11.3 Å². The maximum absolute atomic E-state index is 12.4. The van der Waals surface area contributed by atoms with Crippen molar-refractivity contribution in [2.75, 3.05) is 0 Å². The summed E-state index contributed by atoms with van der Waals surface area (Å²) in [5.74, 6) is -1.43. The fraction of sp³-hybridized carbons (Fsp3) is 0.154. The van der Waals surface area contributed by atoms with Crippen LogP contribution in [-0.4, -0.2) is 19.5 Å². The van der Waals surface area contributed by atoms with Crippen LogP contribution < -0.4 is 0 Å². The van der Waals surface area contributed by atoms with Gasteiger partial charge in [0.15, 0.2) is 9.84 Å². The largest absolute Gasteiger partial charge is 0.477 e. The normalized spacial score (nSPS) is 11.5. The highest BCUT2D eigenvalue weighted by molar-refractivity contribution is 9.11. The molecule has 0 saturated heterocycles. The quantitative estimate of drug-likeness (QED) is 0.888. The first-order chi connectivity index (χ1) is 9.31. The maximum Gasteiger partial charge on any atom is 0.346 e. The van der Waals surface area contributed by atoms with Crippen LogP contribution in [0.5, 0.6) is 0 Å². The molecule has 7 heteroatoms. The third kappa shape index (κ3) is 3.11. The summed E-state index contributed by atoms with van der Waals surface area (Å²) >= 11 is 4.21. The highest BCUT2D eigenvalue weighted by atomic mass is 79.9. The number of aromatic carboxylic acids is 1. The first kappa shape index (κ1) is 15.2. The molecule has 0 amide bonds. The van der Waals surface area contributed by atoms with Crippen LogP contribution >= 0.6 is 27.3 Å². The molecule has 1 N–H and O–H groups in total. The molecular formula is C13H11BrO4S2. The number of benzene rings is 1. The molecule has 0 spiro atoms. The summed E-state index contributed by atoms with van der Waals surface area (Å²) in [6.07, 6.45) is 0. The van der Waals surface area contributed by atoms with Crippen molar-refractivity contribution in [3.63, 3.8) is 0 Å². The molecule has 1 aromatic heterocycles. The molecule has 0 aliphatic rings. The lowest BCUT2D eigenvalue weighted by molar-refractivity contribution is 0.0701. The molecule has 0 radical (unpaired) electrons. The van der Waals surface area contributed by atoms with Crippen LogP contribution in [0.1, 0.15) is 20.8 Å². The molecule has 2 aromatic rings. The zero-order valence-corrected chi connectivity index (χ0v) is 13.7. The number of hydrogen-bond acceptors (Lipinski definition) is 4. The van der Waals surface area contributed by atoms with Gasteiger partial charge in [-0.3, -0.25) is 0 Å². The Morgan fingerprint density at radius 3 is 2.60 bits per heavy atom. The molecular weight excluding hydrogens is 364 g/mol. The van der Waals surface area contributed by atoms with Crippen molar-refractivity contribution in [2.45, 2.75) is 17.6 Å². The fourth-order valence-electron chi connectivity index (χ4n) is 1.87. The van der Waals surface area contributed by atoms with Gasteiger partial charge in [-0.15, -0.1) is 11.3 Å². The number of rotatable bonds is 4. The average Bonchev–Trinajstić information content (AvgIpc) is 2.70. The Labute approximate surface area is 129 Å². The highest BCUT2D eigenvalue weighted by Crippen LogP contribution is 2.30. The van der Waals surface area contributed by atoms with Crippen molar-refractivity contribution in [2.24, 2.45) is 0 Å². The average molecular weight is 375 g/mol. The van der Waals surface area contributed by atoms with Crippen molar-refractivity contribution in [3.8, 4) is 0 Å². The van der Waals surface area contributed by atoms with Crippen LogP contribution in [0.3, 0.4) is 0 Å². The van der Waals surface area contributed by atoms with Gasteiger partial charge < -0.3 is 5.11 Å². The van der Waals surface area contributed by atoms with Crippen molar-refractivity contribution < 1.29 is 18.3 Å². The lowest BCUT2D eigenvalue weighted by Crippen LogP contribution is -2.08. The number of hydrogen-bond donors (Lipinski definition) is 1. The molecule has 1 aromatic carbocycles. The molecule has 0 aliphatic carbocycles. The van der Waals surface area contributed by atoms with E-state index >= 15 is 0 Å². The number of sulfone groups is 1. The van der Waals surface area contributed by atoms with Crippen LogP contribution in [0.15, 0.2) is 39.0 Å². The summed E-state index contributed by atoms with van der Waals surface area (Å²) in [5, 5.41) is 9.10. The third-order valence-electron chi connectivity index (χ3n) is 2.75. The van der Waals surface area contributed by atoms with E-state index in [1.165, 1.54) is 6.07 Å². The summed E-state index contributed by atoms with van der Waals surface area (Å²) in [4.78, 5) is 11.4. The minimum atomic E-state index is -3.56. The summed E-state index contributed by atoms with van der Waals surface area (Å²) in [6.45, 7) is 1.72. The van der Waals surface area contributed by atoms with Gasteiger partial charge in [-0.25, -0.2) is 13.2 Å². The van der Waals surface area contributed by atoms with E-state index in [4.69, 9.17) is 5.11 Å². The predicted molar refractivity (Wildman–Crippen MR) is 81.0 cm³/mol. The van der Waals surface area contributed by atoms with Gasteiger partial charge >= 0.3 is 5.97 Å². The molecule has 2 rings (SSSR count). The van der Waals surface area contributed by atoms with Crippen molar-refractivity contribution in [3.05, 3.63) is 50.1 Å². The molecule has 0 bridgehead atoms. The molecule has 0 saturated carbocycles. The van der Waals surface area contributed by atoms with Gasteiger partial charge in [-0.05, 0) is 46.1 Å². The van der Waals surface area contributed by atoms with E-state index in [-0.39, 0.29) is 15.5 Å². The van der Waals surface area contributed by atoms with E-state index in [1.807, 2.05) is 0 Å². The number of thiophene rings is 1. The van der Waals surface area contributed by atoms with Gasteiger partial charge in [-0.2, -0.15) is 0 Å². The van der Waals surface area contributed by atoms with Crippen molar-refractivity contribution in [1.82, 2.24) is 0 Å². The maximum atomic E-state index is 12.4. The van der Waals surface area contributed by atoms with Crippen molar-refractivity contribution >= 4 is 43.1 Å². The second-order valence-corrected chi connectivity index (χ2v) is 8.62. The van der Waals surface area contributed by atoms with Crippen LogP contribution in [0.25, 0.3) is 0 Å². The van der Waals surface area contributed by atoms with E-state index in [2.05, 4.69) is 15.9 Å². The van der Waals surface area contributed by atoms with E-state index < -0.39 is 15.8 Å². The van der Waals surface area contributed by atoms with E-state index in [1.54, 1.807) is 31.2 Å². The molecule has 0 fully saturated rings. The second-order valence-electron chi connectivity index (χ2n) is 4.23. The Balaban J connectivity index is 2.44. The highest BCUT2D eigenvalue weighted by Gasteiger charge is 2.23. The molecule has 1 heterocycles. The third-order valence-corrected chi connectivity index (χ3v) is 6.23. The van der Waals surface area contributed by atoms with Crippen LogP contribution in [0.4, 0.5) is 0 Å². The Morgan fingerprint density at radius 1 is 1.35 bits per heavy atom. The minimum absolute atomic E-state index is 0.0500. The molecule has 0 unspecified atom stereocenters. The minimum Gasteiger partial charge on any atom is -0.477 e. The molecule has 20 heavy (non-hydrogen) atoms. The SMILES string of the molecule is Cc1ccccc1S(=O)(=O)Cc1cc(Br)sc1C(=O)O. The smallest absolute Gasteiger partial charge is 0.346 e. The van der Waals surface area contributed by atoms with E-state index in [9.17, 15) is 13.2 Å². The fourth-order valence-corrected chi connectivity index (χ4v) is 5.11. The number of aryl methyl sites for hydroxylation is 1. The number of carbonyl (C=O) groups is 1. The lowest BCUT2D eigenvalue weighted by Gasteiger charge is -2.07. The summed E-state index contributed by atoms with van der Waals surface area (Å²) < 4.78 is 25.4. The topological polar surface area (TPSA) is 71.4 Å². The summed E-state index contributed by atoms with van der Waals surface area (Å²) in [6, 6.07) is 8.21. The number of carboxylic acids is 1. The molecule has 0 aliphatic heterocycles. The van der Waals surface area contributed by atoms with Gasteiger partial charge in [0, 0.05) is 0 Å². The molecule has 106 valence electrons. The zero-order chi connectivity index (χ0) is 14.9.